The van der Waals surface area contributed by atoms with E-state index < -0.39 is 53.4 Å². The van der Waals surface area contributed by atoms with Crippen molar-refractivity contribution in [2.45, 2.75) is 32.7 Å². The van der Waals surface area contributed by atoms with E-state index in [9.17, 15) is 23.2 Å². The third-order valence-corrected chi connectivity index (χ3v) is 3.36. The lowest BCUT2D eigenvalue weighted by Gasteiger charge is -2.19. The number of hydrogen-bond acceptors (Lipinski definition) is 4. The van der Waals surface area contributed by atoms with Crippen LogP contribution in [-0.2, 0) is 25.5 Å². The van der Waals surface area contributed by atoms with Gasteiger partial charge in [0, 0.05) is 5.56 Å². The van der Waals surface area contributed by atoms with Crippen LogP contribution in [0.2, 0.25) is 0 Å². The highest BCUT2D eigenvalue weighted by atomic mass is 19.1. The first-order valence-electron chi connectivity index (χ1n) is 7.44. The van der Waals surface area contributed by atoms with Crippen LogP contribution in [0.15, 0.2) is 18.2 Å². The van der Waals surface area contributed by atoms with Gasteiger partial charge in [-0.15, -0.1) is 0 Å². The van der Waals surface area contributed by atoms with E-state index in [1.165, 1.54) is 13.0 Å². The van der Waals surface area contributed by atoms with Gasteiger partial charge in [-0.1, -0.05) is 13.0 Å². The third-order valence-electron chi connectivity index (χ3n) is 3.36. The summed E-state index contributed by atoms with van der Waals surface area (Å²) < 4.78 is 31.9. The lowest BCUT2D eigenvalue weighted by Crippen LogP contribution is -2.46. The molecule has 0 aromatic heterocycles. The number of carbonyl (C=O) groups excluding carboxylic acids is 3. The van der Waals surface area contributed by atoms with Crippen LogP contribution in [0, 0.1) is 17.6 Å². The molecular weight excluding hydrogens is 322 g/mol. The fraction of sp³-hybridized carbons (Fsp3) is 0.438. The molecule has 0 heterocycles. The van der Waals surface area contributed by atoms with E-state index in [0.717, 1.165) is 12.1 Å². The lowest BCUT2D eigenvalue weighted by atomic mass is 10.0. The SMILES string of the molecule is CCOC(=O)[C@@H](C)C[C@@H](NC(=O)Cc1c(F)cccc1F)C(N)=O. The Balaban J connectivity index is 2.73. The molecule has 1 aromatic rings. The Morgan fingerprint density at radius 3 is 2.33 bits per heavy atom. The topological polar surface area (TPSA) is 98.5 Å². The average molecular weight is 342 g/mol. The van der Waals surface area contributed by atoms with E-state index in [4.69, 9.17) is 10.5 Å². The van der Waals surface area contributed by atoms with Crippen molar-refractivity contribution in [2.24, 2.45) is 11.7 Å². The van der Waals surface area contributed by atoms with Crippen LogP contribution in [0.3, 0.4) is 0 Å². The largest absolute Gasteiger partial charge is 0.466 e. The zero-order valence-corrected chi connectivity index (χ0v) is 13.5. The Bertz CT molecular complexity index is 602. The second-order valence-electron chi connectivity index (χ2n) is 5.29. The van der Waals surface area contributed by atoms with E-state index in [2.05, 4.69) is 5.32 Å². The molecule has 0 fully saturated rings. The molecule has 0 aliphatic heterocycles. The van der Waals surface area contributed by atoms with Gasteiger partial charge in [-0.3, -0.25) is 14.4 Å². The van der Waals surface area contributed by atoms with Crippen LogP contribution in [0.5, 0.6) is 0 Å². The number of hydrogen-bond donors (Lipinski definition) is 2. The molecule has 0 spiro atoms. The summed E-state index contributed by atoms with van der Waals surface area (Å²) in [6.07, 6.45) is -0.657. The predicted octanol–water partition coefficient (Wildman–Crippen LogP) is 1.07. The molecule has 0 aliphatic carbocycles. The highest BCUT2D eigenvalue weighted by molar-refractivity contribution is 5.88. The molecule has 8 heteroatoms. The quantitative estimate of drug-likeness (QED) is 0.690. The molecule has 0 radical (unpaired) electrons. The summed E-state index contributed by atoms with van der Waals surface area (Å²) in [5.41, 5.74) is 4.80. The lowest BCUT2D eigenvalue weighted by molar-refractivity contribution is -0.148. The number of amides is 2. The van der Waals surface area contributed by atoms with Gasteiger partial charge in [0.15, 0.2) is 0 Å². The molecule has 2 atom stereocenters. The van der Waals surface area contributed by atoms with Gasteiger partial charge in [0.05, 0.1) is 18.9 Å². The number of nitrogens with one attached hydrogen (secondary N) is 1. The van der Waals surface area contributed by atoms with Crippen LogP contribution >= 0.6 is 0 Å². The zero-order valence-electron chi connectivity index (χ0n) is 13.5. The summed E-state index contributed by atoms with van der Waals surface area (Å²) in [4.78, 5) is 35.0. The standard InChI is InChI=1S/C16H20F2N2O4/c1-3-24-16(23)9(2)7-13(15(19)22)20-14(21)8-10-11(17)5-4-6-12(10)18/h4-6,9,13H,3,7-8H2,1-2H3,(H2,19,22)(H,20,21)/t9-,13+/m0/s1. The molecule has 1 rings (SSSR count). The van der Waals surface area contributed by atoms with Crippen LogP contribution in [0.1, 0.15) is 25.8 Å². The first-order chi connectivity index (χ1) is 11.3. The second-order valence-corrected chi connectivity index (χ2v) is 5.29. The van der Waals surface area contributed by atoms with Gasteiger partial charge in [0.25, 0.3) is 0 Å². The summed E-state index contributed by atoms with van der Waals surface area (Å²) >= 11 is 0. The summed E-state index contributed by atoms with van der Waals surface area (Å²) in [5.74, 6) is -4.56. The Hall–Kier alpha value is -2.51. The van der Waals surface area contributed by atoms with Gasteiger partial charge >= 0.3 is 5.97 Å². The maximum absolute atomic E-state index is 13.5. The molecule has 0 aliphatic rings. The minimum Gasteiger partial charge on any atom is -0.466 e. The molecule has 0 unspecified atom stereocenters. The molecular formula is C16H20F2N2O4. The molecule has 6 nitrogen and oxygen atoms in total. The number of ether oxygens (including phenoxy) is 1. The molecule has 3 N–H and O–H groups in total. The predicted molar refractivity (Wildman–Crippen MR) is 81.6 cm³/mol. The Morgan fingerprint density at radius 2 is 1.83 bits per heavy atom. The number of halogens is 2. The highest BCUT2D eigenvalue weighted by Gasteiger charge is 2.25. The minimum absolute atomic E-state index is 0.0698. The Morgan fingerprint density at radius 1 is 1.25 bits per heavy atom. The van der Waals surface area contributed by atoms with Gasteiger partial charge < -0.3 is 15.8 Å². The fourth-order valence-electron chi connectivity index (χ4n) is 2.09. The van der Waals surface area contributed by atoms with Crippen molar-refractivity contribution in [2.75, 3.05) is 6.61 Å². The maximum atomic E-state index is 13.5. The van der Waals surface area contributed by atoms with Gasteiger partial charge in [0.1, 0.15) is 17.7 Å². The number of primary amides is 1. The van der Waals surface area contributed by atoms with Gasteiger partial charge in [-0.2, -0.15) is 0 Å². The van der Waals surface area contributed by atoms with Gasteiger partial charge in [-0.25, -0.2) is 8.78 Å². The zero-order chi connectivity index (χ0) is 18.3. The Labute approximate surface area is 138 Å². The van der Waals surface area contributed by atoms with E-state index in [1.54, 1.807) is 6.92 Å². The molecule has 2 amide bonds. The fourth-order valence-corrected chi connectivity index (χ4v) is 2.09. The van der Waals surface area contributed by atoms with Crippen LogP contribution in [0.4, 0.5) is 8.78 Å². The van der Waals surface area contributed by atoms with Gasteiger partial charge in [-0.05, 0) is 25.5 Å². The van der Waals surface area contributed by atoms with E-state index >= 15 is 0 Å². The van der Waals surface area contributed by atoms with Crippen molar-refractivity contribution >= 4 is 17.8 Å². The number of benzene rings is 1. The normalized spacial score (nSPS) is 13.0. The molecule has 132 valence electrons. The van der Waals surface area contributed by atoms with Crippen molar-refractivity contribution in [3.05, 3.63) is 35.4 Å². The van der Waals surface area contributed by atoms with Crippen molar-refractivity contribution in [1.82, 2.24) is 5.32 Å². The van der Waals surface area contributed by atoms with Crippen molar-refractivity contribution < 1.29 is 27.9 Å². The highest BCUT2D eigenvalue weighted by Crippen LogP contribution is 2.13. The summed E-state index contributed by atoms with van der Waals surface area (Å²) in [7, 11) is 0. The summed E-state index contributed by atoms with van der Waals surface area (Å²) in [6.45, 7) is 3.35. The second kappa shape index (κ2) is 8.95. The molecule has 0 saturated heterocycles. The Kier molecular flexibility index (Phi) is 7.29. The van der Waals surface area contributed by atoms with Crippen molar-refractivity contribution in [3.63, 3.8) is 0 Å². The summed E-state index contributed by atoms with van der Waals surface area (Å²) in [6, 6.07) is 2.09. The average Bonchev–Trinajstić information content (AvgIpc) is 2.50. The number of carbonyl (C=O) groups is 3. The molecule has 0 saturated carbocycles. The first-order valence-corrected chi connectivity index (χ1v) is 7.44. The molecule has 24 heavy (non-hydrogen) atoms. The van der Waals surface area contributed by atoms with Crippen molar-refractivity contribution in [1.29, 1.82) is 0 Å². The smallest absolute Gasteiger partial charge is 0.308 e. The first kappa shape index (κ1) is 19.5. The van der Waals surface area contributed by atoms with E-state index in [1.807, 2.05) is 0 Å². The van der Waals surface area contributed by atoms with Crippen molar-refractivity contribution in [3.8, 4) is 0 Å². The maximum Gasteiger partial charge on any atom is 0.308 e. The van der Waals surface area contributed by atoms with Crippen LogP contribution < -0.4 is 11.1 Å². The van der Waals surface area contributed by atoms with Gasteiger partial charge in [0.2, 0.25) is 11.8 Å². The van der Waals surface area contributed by atoms with Crippen LogP contribution in [0.25, 0.3) is 0 Å². The third kappa shape index (κ3) is 5.60. The minimum atomic E-state index is -1.15. The molecule has 0 bridgehead atoms. The summed E-state index contributed by atoms with van der Waals surface area (Å²) in [5, 5.41) is 2.29. The van der Waals surface area contributed by atoms with E-state index in [-0.39, 0.29) is 13.0 Å². The molecule has 1 aromatic carbocycles. The number of nitrogens with two attached hydrogens (primary N) is 1. The van der Waals surface area contributed by atoms with Crippen LogP contribution in [-0.4, -0.2) is 30.4 Å². The monoisotopic (exact) mass is 342 g/mol. The van der Waals surface area contributed by atoms with E-state index in [0.29, 0.717) is 0 Å². The number of esters is 1. The number of rotatable bonds is 8.